The second-order valence-electron chi connectivity index (χ2n) is 8.71. The van der Waals surface area contributed by atoms with Crippen LogP contribution in [0, 0.1) is 11.8 Å². The molecule has 1 saturated heterocycles. The highest BCUT2D eigenvalue weighted by Gasteiger charge is 2.32. The lowest BCUT2D eigenvalue weighted by Crippen LogP contribution is -2.28. The Morgan fingerprint density at radius 1 is 1.16 bits per heavy atom. The van der Waals surface area contributed by atoms with Gasteiger partial charge in [-0.25, -0.2) is 0 Å². The van der Waals surface area contributed by atoms with Gasteiger partial charge in [-0.05, 0) is 61.4 Å². The van der Waals surface area contributed by atoms with E-state index in [1.807, 2.05) is 0 Å². The SMILES string of the molecule is O=C(O)C(CCCC1CCNCC1)C(Cc1ccc(C2=CCNC2)cc1)c1nn[nH]n1. The van der Waals surface area contributed by atoms with E-state index in [9.17, 15) is 9.90 Å². The number of carboxylic acid groups (broad SMARTS) is 1. The third-order valence-electron chi connectivity index (χ3n) is 6.67. The highest BCUT2D eigenvalue weighted by Crippen LogP contribution is 2.32. The maximum Gasteiger partial charge on any atom is 0.307 e. The zero-order valence-corrected chi connectivity index (χ0v) is 17.9. The molecule has 0 radical (unpaired) electrons. The van der Waals surface area contributed by atoms with Crippen LogP contribution in [0.15, 0.2) is 30.3 Å². The molecule has 4 N–H and O–H groups in total. The molecule has 0 amide bonds. The Morgan fingerprint density at radius 2 is 1.97 bits per heavy atom. The van der Waals surface area contributed by atoms with E-state index in [1.165, 1.54) is 24.0 Å². The fraction of sp³-hybridized carbons (Fsp3) is 0.565. The number of carbonyl (C=O) groups is 1. The maximum absolute atomic E-state index is 12.2. The smallest absolute Gasteiger partial charge is 0.307 e. The first-order valence-corrected chi connectivity index (χ1v) is 11.4. The molecule has 8 nitrogen and oxygen atoms in total. The molecular weight excluding hydrogens is 392 g/mol. The molecule has 1 aromatic carbocycles. The Hall–Kier alpha value is -2.58. The number of tetrazole rings is 1. The van der Waals surface area contributed by atoms with E-state index >= 15 is 0 Å². The molecule has 0 aliphatic carbocycles. The number of rotatable bonds is 10. The number of nitrogens with one attached hydrogen (secondary N) is 3. The van der Waals surface area contributed by atoms with Crippen molar-refractivity contribution in [2.75, 3.05) is 26.2 Å². The summed E-state index contributed by atoms with van der Waals surface area (Å²) >= 11 is 0. The van der Waals surface area contributed by atoms with Crippen molar-refractivity contribution in [3.05, 3.63) is 47.3 Å². The molecule has 2 aliphatic rings. The molecule has 0 saturated carbocycles. The minimum absolute atomic E-state index is 0.303. The first-order valence-electron chi connectivity index (χ1n) is 11.4. The molecule has 8 heteroatoms. The molecule has 31 heavy (non-hydrogen) atoms. The minimum atomic E-state index is -0.779. The number of hydrogen-bond acceptors (Lipinski definition) is 6. The minimum Gasteiger partial charge on any atom is -0.481 e. The summed E-state index contributed by atoms with van der Waals surface area (Å²) in [5.74, 6) is -0.422. The van der Waals surface area contributed by atoms with Crippen molar-refractivity contribution in [1.29, 1.82) is 0 Å². The van der Waals surface area contributed by atoms with Gasteiger partial charge in [-0.2, -0.15) is 5.21 Å². The molecule has 1 fully saturated rings. The van der Waals surface area contributed by atoms with Crippen LogP contribution < -0.4 is 10.6 Å². The summed E-state index contributed by atoms with van der Waals surface area (Å²) in [5.41, 5.74) is 3.61. The Kier molecular flexibility index (Phi) is 7.43. The van der Waals surface area contributed by atoms with E-state index in [0.717, 1.165) is 44.6 Å². The summed E-state index contributed by atoms with van der Waals surface area (Å²) in [5, 5.41) is 31.3. The lowest BCUT2D eigenvalue weighted by molar-refractivity contribution is -0.143. The quantitative estimate of drug-likeness (QED) is 0.463. The summed E-state index contributed by atoms with van der Waals surface area (Å²) in [4.78, 5) is 12.2. The zero-order chi connectivity index (χ0) is 21.5. The highest BCUT2D eigenvalue weighted by molar-refractivity contribution is 5.71. The third kappa shape index (κ3) is 5.77. The van der Waals surface area contributed by atoms with Gasteiger partial charge < -0.3 is 15.7 Å². The number of carboxylic acids is 1. The van der Waals surface area contributed by atoms with Gasteiger partial charge in [0.25, 0.3) is 0 Å². The van der Waals surface area contributed by atoms with Gasteiger partial charge in [0.1, 0.15) is 0 Å². The lowest BCUT2D eigenvalue weighted by Gasteiger charge is -2.25. The average Bonchev–Trinajstić information content (AvgIpc) is 3.51. The summed E-state index contributed by atoms with van der Waals surface area (Å²) < 4.78 is 0. The van der Waals surface area contributed by atoms with Crippen LogP contribution in [0.5, 0.6) is 0 Å². The normalized spacial score (nSPS) is 19.2. The predicted molar refractivity (Wildman–Crippen MR) is 118 cm³/mol. The molecule has 2 atom stereocenters. The van der Waals surface area contributed by atoms with Crippen molar-refractivity contribution in [2.24, 2.45) is 11.8 Å². The number of aromatic nitrogens is 4. The van der Waals surface area contributed by atoms with E-state index < -0.39 is 11.9 Å². The van der Waals surface area contributed by atoms with Crippen molar-refractivity contribution < 1.29 is 9.90 Å². The Bertz CT molecular complexity index is 859. The van der Waals surface area contributed by atoms with Crippen molar-refractivity contribution in [3.8, 4) is 0 Å². The van der Waals surface area contributed by atoms with Gasteiger partial charge in [-0.3, -0.25) is 4.79 Å². The van der Waals surface area contributed by atoms with Crippen molar-refractivity contribution in [3.63, 3.8) is 0 Å². The van der Waals surface area contributed by atoms with Crippen LogP contribution in [-0.4, -0.2) is 57.9 Å². The molecule has 0 spiro atoms. The van der Waals surface area contributed by atoms with E-state index in [2.05, 4.69) is 61.6 Å². The molecule has 2 aliphatic heterocycles. The van der Waals surface area contributed by atoms with Crippen molar-refractivity contribution in [2.45, 2.75) is 44.4 Å². The maximum atomic E-state index is 12.2. The molecule has 1 aromatic heterocycles. The third-order valence-corrected chi connectivity index (χ3v) is 6.67. The van der Waals surface area contributed by atoms with E-state index in [1.54, 1.807) is 0 Å². The molecule has 2 aromatic rings. The Labute approximate surface area is 182 Å². The topological polar surface area (TPSA) is 116 Å². The van der Waals surface area contributed by atoms with Gasteiger partial charge in [0.05, 0.1) is 5.92 Å². The molecule has 4 rings (SSSR count). The Morgan fingerprint density at radius 3 is 2.61 bits per heavy atom. The number of hydrogen-bond donors (Lipinski definition) is 4. The number of benzene rings is 1. The summed E-state index contributed by atoms with van der Waals surface area (Å²) in [6.45, 7) is 3.95. The second-order valence-corrected chi connectivity index (χ2v) is 8.71. The monoisotopic (exact) mass is 424 g/mol. The average molecular weight is 425 g/mol. The van der Waals surface area contributed by atoms with Crippen LogP contribution in [0.1, 0.15) is 55.0 Å². The number of nitrogens with zero attached hydrogens (tertiary/aromatic N) is 3. The van der Waals surface area contributed by atoms with Gasteiger partial charge >= 0.3 is 5.97 Å². The first-order chi connectivity index (χ1) is 15.2. The van der Waals surface area contributed by atoms with Crippen LogP contribution in [0.3, 0.4) is 0 Å². The lowest BCUT2D eigenvalue weighted by atomic mass is 9.81. The van der Waals surface area contributed by atoms with Crippen LogP contribution in [0.25, 0.3) is 5.57 Å². The van der Waals surface area contributed by atoms with Gasteiger partial charge in [0, 0.05) is 19.0 Å². The first kappa shape index (κ1) is 21.6. The van der Waals surface area contributed by atoms with Gasteiger partial charge in [0.15, 0.2) is 5.82 Å². The van der Waals surface area contributed by atoms with Crippen LogP contribution >= 0.6 is 0 Å². The molecule has 0 bridgehead atoms. The fourth-order valence-electron chi connectivity index (χ4n) is 4.84. The summed E-state index contributed by atoms with van der Waals surface area (Å²) in [6, 6.07) is 8.42. The van der Waals surface area contributed by atoms with Crippen LogP contribution in [-0.2, 0) is 11.2 Å². The van der Waals surface area contributed by atoms with Crippen LogP contribution in [0.4, 0.5) is 0 Å². The number of aliphatic carboxylic acids is 1. The van der Waals surface area contributed by atoms with Crippen LogP contribution in [0.2, 0.25) is 0 Å². The van der Waals surface area contributed by atoms with E-state index in [0.29, 0.717) is 24.6 Å². The second kappa shape index (κ2) is 10.6. The fourth-order valence-corrected chi connectivity index (χ4v) is 4.84. The van der Waals surface area contributed by atoms with Crippen molar-refractivity contribution >= 4 is 11.5 Å². The number of aromatic amines is 1. The van der Waals surface area contributed by atoms with E-state index in [-0.39, 0.29) is 5.92 Å². The van der Waals surface area contributed by atoms with Gasteiger partial charge in [-0.15, -0.1) is 10.2 Å². The van der Waals surface area contributed by atoms with Crippen molar-refractivity contribution in [1.82, 2.24) is 31.3 Å². The summed E-state index contributed by atoms with van der Waals surface area (Å²) in [7, 11) is 0. The predicted octanol–water partition coefficient (Wildman–Crippen LogP) is 2.38. The van der Waals surface area contributed by atoms with E-state index in [4.69, 9.17) is 0 Å². The zero-order valence-electron chi connectivity index (χ0n) is 17.9. The summed E-state index contributed by atoms with van der Waals surface area (Å²) in [6.07, 6.45) is 7.80. The molecule has 166 valence electrons. The highest BCUT2D eigenvalue weighted by atomic mass is 16.4. The standard InChI is InChI=1S/C23H32N6O2/c30-23(31)20(3-1-2-16-8-11-24-12-9-16)21(22-26-28-29-27-22)14-17-4-6-18(7-5-17)19-10-13-25-15-19/h4-7,10,16,20-21,24-25H,1-3,8-9,11-15H2,(H,30,31)(H,26,27,28,29). The molecule has 2 unspecified atom stereocenters. The number of H-pyrrole nitrogens is 1. The van der Waals surface area contributed by atoms with Gasteiger partial charge in [0.2, 0.25) is 0 Å². The molecular formula is C23H32N6O2. The number of piperidine rings is 1. The Balaban J connectivity index is 1.44. The van der Waals surface area contributed by atoms with Gasteiger partial charge in [-0.1, -0.05) is 48.4 Å². The largest absolute Gasteiger partial charge is 0.481 e. The molecule has 3 heterocycles.